The summed E-state index contributed by atoms with van der Waals surface area (Å²) < 4.78 is 59.9. The Hall–Kier alpha value is -3.28. The Kier molecular flexibility index (Phi) is 10.4. The molecule has 37 heavy (non-hydrogen) atoms. The molecule has 0 amide bonds. The number of nitrogens with zero attached hydrogens (tertiary/aromatic N) is 1. The maximum Gasteiger partial charge on any atom is 0.490 e. The van der Waals surface area contributed by atoms with Gasteiger partial charge in [-0.3, -0.25) is 4.72 Å². The fourth-order valence-electron chi connectivity index (χ4n) is 4.18. The summed E-state index contributed by atoms with van der Waals surface area (Å²) in [6.45, 7) is 5.22. The first kappa shape index (κ1) is 29.9. The van der Waals surface area contributed by atoms with Crippen LogP contribution < -0.4 is 9.62 Å². The van der Waals surface area contributed by atoms with Crippen molar-refractivity contribution in [2.24, 2.45) is 0 Å². The number of halogens is 3. The van der Waals surface area contributed by atoms with Gasteiger partial charge >= 0.3 is 18.1 Å². The van der Waals surface area contributed by atoms with Crippen molar-refractivity contribution in [2.45, 2.75) is 62.9 Å². The molecule has 0 heterocycles. The van der Waals surface area contributed by atoms with Gasteiger partial charge in [-0.05, 0) is 68.5 Å². The lowest BCUT2D eigenvalue weighted by atomic mass is 9.84. The lowest BCUT2D eigenvalue weighted by Gasteiger charge is -2.23. The summed E-state index contributed by atoms with van der Waals surface area (Å²) >= 11 is 0. The third-order valence-corrected chi connectivity index (χ3v) is 7.49. The number of hydrogen-bond acceptors (Lipinski definition) is 5. The molecule has 0 aromatic heterocycles. The van der Waals surface area contributed by atoms with Gasteiger partial charge in [-0.2, -0.15) is 13.2 Å². The van der Waals surface area contributed by atoms with E-state index in [1.54, 1.807) is 24.3 Å². The van der Waals surface area contributed by atoms with E-state index in [0.717, 1.165) is 12.8 Å². The van der Waals surface area contributed by atoms with Gasteiger partial charge in [0.15, 0.2) is 0 Å². The molecule has 3 rings (SSSR count). The van der Waals surface area contributed by atoms with Crippen LogP contribution in [0.4, 0.5) is 24.5 Å². The average Bonchev–Trinajstić information content (AvgIpc) is 2.85. The van der Waals surface area contributed by atoms with Crippen molar-refractivity contribution in [3.8, 4) is 0 Å². The predicted molar refractivity (Wildman–Crippen MR) is 134 cm³/mol. The van der Waals surface area contributed by atoms with Gasteiger partial charge in [-0.25, -0.2) is 18.0 Å². The molecule has 0 unspecified atom stereocenters. The van der Waals surface area contributed by atoms with Gasteiger partial charge in [0, 0.05) is 18.8 Å². The zero-order chi connectivity index (χ0) is 27.8. The first-order valence-electron chi connectivity index (χ1n) is 11.8. The molecule has 0 saturated heterocycles. The number of hydrogen-bond donors (Lipinski definition) is 3. The number of benzene rings is 2. The standard InChI is InChI=1S/C23H30N2O4S.C2HF3O2/c1-3-25(4-2)22-15-12-19(16-21(22)23(26)27)24-30(28,29)20-13-10-18(11-14-20)17-8-6-5-7-9-17;3-2(4,5)1(6)7/h10-17,24H,3-9H2,1-2H3,(H,26,27);(H,6,7). The predicted octanol–water partition coefficient (Wildman–Crippen LogP) is 5.71. The summed E-state index contributed by atoms with van der Waals surface area (Å²) in [6.07, 6.45) is 0.948. The third kappa shape index (κ3) is 8.38. The van der Waals surface area contributed by atoms with E-state index < -0.39 is 28.1 Å². The number of anilines is 2. The number of nitrogens with one attached hydrogen (secondary N) is 1. The van der Waals surface area contributed by atoms with E-state index in [9.17, 15) is 31.5 Å². The van der Waals surface area contributed by atoms with Gasteiger partial charge in [0.05, 0.1) is 16.1 Å². The van der Waals surface area contributed by atoms with Crippen molar-refractivity contribution in [3.63, 3.8) is 0 Å². The van der Waals surface area contributed by atoms with Crippen molar-refractivity contribution < 1.29 is 41.4 Å². The molecule has 1 aliphatic rings. The van der Waals surface area contributed by atoms with Gasteiger partial charge in [0.1, 0.15) is 0 Å². The Balaban J connectivity index is 0.000000604. The molecule has 3 N–H and O–H groups in total. The number of sulfonamides is 1. The Morgan fingerprint density at radius 3 is 1.97 bits per heavy atom. The molecule has 204 valence electrons. The second kappa shape index (κ2) is 12.8. The first-order chi connectivity index (χ1) is 17.3. The van der Waals surface area contributed by atoms with Crippen LogP contribution in [0.2, 0.25) is 0 Å². The van der Waals surface area contributed by atoms with E-state index in [1.807, 2.05) is 30.9 Å². The van der Waals surface area contributed by atoms with Crippen LogP contribution in [0, 0.1) is 0 Å². The summed E-state index contributed by atoms with van der Waals surface area (Å²) in [5.74, 6) is -3.34. The maximum absolute atomic E-state index is 12.8. The minimum atomic E-state index is -5.08. The molecule has 0 aliphatic heterocycles. The smallest absolute Gasteiger partial charge is 0.478 e. The van der Waals surface area contributed by atoms with Crippen molar-refractivity contribution in [1.82, 2.24) is 0 Å². The maximum atomic E-state index is 12.8. The fraction of sp³-hybridized carbons (Fsp3) is 0.440. The minimum absolute atomic E-state index is 0.0755. The van der Waals surface area contributed by atoms with Crippen LogP contribution >= 0.6 is 0 Å². The average molecular weight is 545 g/mol. The lowest BCUT2D eigenvalue weighted by molar-refractivity contribution is -0.192. The van der Waals surface area contributed by atoms with Crippen LogP contribution in [0.1, 0.15) is 67.8 Å². The van der Waals surface area contributed by atoms with Gasteiger partial charge in [0.2, 0.25) is 0 Å². The molecule has 0 bridgehead atoms. The molecule has 2 aromatic rings. The summed E-state index contributed by atoms with van der Waals surface area (Å²) in [5, 5.41) is 16.7. The van der Waals surface area contributed by atoms with Crippen LogP contribution in [0.15, 0.2) is 47.4 Å². The van der Waals surface area contributed by atoms with E-state index in [-0.39, 0.29) is 16.1 Å². The zero-order valence-corrected chi connectivity index (χ0v) is 21.4. The van der Waals surface area contributed by atoms with Gasteiger partial charge in [-0.1, -0.05) is 31.4 Å². The number of carboxylic acids is 2. The van der Waals surface area contributed by atoms with Crippen molar-refractivity contribution in [2.75, 3.05) is 22.7 Å². The Labute approximate surface area is 214 Å². The van der Waals surface area contributed by atoms with Crippen LogP contribution in [-0.4, -0.2) is 49.8 Å². The second-order valence-corrected chi connectivity index (χ2v) is 10.2. The number of alkyl halides is 3. The molecule has 0 spiro atoms. The van der Waals surface area contributed by atoms with E-state index in [1.165, 1.54) is 30.9 Å². The summed E-state index contributed by atoms with van der Waals surface area (Å²) in [4.78, 5) is 22.7. The number of aromatic carboxylic acids is 1. The third-order valence-electron chi connectivity index (χ3n) is 6.09. The second-order valence-electron chi connectivity index (χ2n) is 8.52. The van der Waals surface area contributed by atoms with Gasteiger partial charge in [-0.15, -0.1) is 0 Å². The van der Waals surface area contributed by atoms with Crippen LogP contribution in [-0.2, 0) is 14.8 Å². The molecule has 1 saturated carbocycles. The number of rotatable bonds is 8. The van der Waals surface area contributed by atoms with Crippen molar-refractivity contribution >= 4 is 33.3 Å². The van der Waals surface area contributed by atoms with Crippen molar-refractivity contribution in [1.29, 1.82) is 0 Å². The molecule has 0 radical (unpaired) electrons. The molecule has 0 atom stereocenters. The number of carboxylic acid groups (broad SMARTS) is 2. The highest BCUT2D eigenvalue weighted by atomic mass is 32.2. The molecule has 8 nitrogen and oxygen atoms in total. The number of carbonyl (C=O) groups is 2. The van der Waals surface area contributed by atoms with Gasteiger partial charge in [0.25, 0.3) is 10.0 Å². The molecule has 2 aromatic carbocycles. The highest BCUT2D eigenvalue weighted by Gasteiger charge is 2.38. The summed E-state index contributed by atoms with van der Waals surface area (Å²) in [6, 6.07) is 11.7. The first-order valence-corrected chi connectivity index (χ1v) is 13.3. The van der Waals surface area contributed by atoms with Crippen LogP contribution in [0.25, 0.3) is 0 Å². The van der Waals surface area contributed by atoms with Gasteiger partial charge < -0.3 is 15.1 Å². The Bertz CT molecular complexity index is 1170. The van der Waals surface area contributed by atoms with E-state index in [2.05, 4.69) is 4.72 Å². The molecular weight excluding hydrogens is 513 g/mol. The Morgan fingerprint density at radius 2 is 1.51 bits per heavy atom. The topological polar surface area (TPSA) is 124 Å². The quantitative estimate of drug-likeness (QED) is 0.389. The van der Waals surface area contributed by atoms with E-state index in [4.69, 9.17) is 9.90 Å². The van der Waals surface area contributed by atoms with E-state index >= 15 is 0 Å². The Morgan fingerprint density at radius 1 is 0.973 bits per heavy atom. The van der Waals surface area contributed by atoms with E-state index in [0.29, 0.717) is 24.7 Å². The highest BCUT2D eigenvalue weighted by Crippen LogP contribution is 2.33. The summed E-state index contributed by atoms with van der Waals surface area (Å²) in [7, 11) is -3.80. The van der Waals surface area contributed by atoms with Crippen LogP contribution in [0.5, 0.6) is 0 Å². The summed E-state index contributed by atoms with van der Waals surface area (Å²) in [5.41, 5.74) is 2.07. The fourth-order valence-corrected chi connectivity index (χ4v) is 5.23. The molecular formula is C25H31F3N2O6S. The van der Waals surface area contributed by atoms with Crippen molar-refractivity contribution in [3.05, 3.63) is 53.6 Å². The highest BCUT2D eigenvalue weighted by molar-refractivity contribution is 7.92. The number of aliphatic carboxylic acids is 1. The normalized spacial score (nSPS) is 14.3. The minimum Gasteiger partial charge on any atom is -0.478 e. The van der Waals surface area contributed by atoms with Crippen LogP contribution in [0.3, 0.4) is 0 Å². The monoisotopic (exact) mass is 544 g/mol. The molecule has 12 heteroatoms. The largest absolute Gasteiger partial charge is 0.490 e. The zero-order valence-electron chi connectivity index (χ0n) is 20.6. The lowest BCUT2D eigenvalue weighted by Crippen LogP contribution is -2.24. The molecule has 1 aliphatic carbocycles. The SMILES string of the molecule is CCN(CC)c1ccc(NS(=O)(=O)c2ccc(C3CCCCC3)cc2)cc1C(=O)O.O=C(O)C(F)(F)F. The molecule has 1 fully saturated rings.